The van der Waals surface area contributed by atoms with Crippen LogP contribution in [0.2, 0.25) is 0 Å². The van der Waals surface area contributed by atoms with E-state index >= 15 is 0 Å². The molecule has 0 saturated carbocycles. The average Bonchev–Trinajstić information content (AvgIpc) is 2.18. The highest BCUT2D eigenvalue weighted by atomic mass is 14.5. The minimum Gasteiger partial charge on any atom is -0.327 e. The molecule has 0 aliphatic rings. The van der Waals surface area contributed by atoms with Crippen molar-refractivity contribution in [2.45, 2.75) is 26.7 Å². The third-order valence-corrected chi connectivity index (χ3v) is 2.34. The topological polar surface area (TPSA) is 26.0 Å². The summed E-state index contributed by atoms with van der Waals surface area (Å²) < 4.78 is 0. The van der Waals surface area contributed by atoms with Gasteiger partial charge in [0.25, 0.3) is 0 Å². The Bertz CT molecular complexity index is 307. The van der Waals surface area contributed by atoms with E-state index in [1.165, 1.54) is 16.7 Å². The minimum absolute atomic E-state index is 0.601. The number of rotatable bonds is 3. The average molecular weight is 189 g/mol. The van der Waals surface area contributed by atoms with Gasteiger partial charge in [0.2, 0.25) is 0 Å². The Morgan fingerprint density at radius 2 is 1.86 bits per heavy atom. The molecular formula is C13H19N. The van der Waals surface area contributed by atoms with Crippen molar-refractivity contribution in [2.24, 2.45) is 5.73 Å². The van der Waals surface area contributed by atoms with Crippen LogP contribution in [0.15, 0.2) is 29.8 Å². The predicted octanol–water partition coefficient (Wildman–Crippen LogP) is 3.17. The van der Waals surface area contributed by atoms with Crippen LogP contribution in [0.5, 0.6) is 0 Å². The molecule has 0 atom stereocenters. The zero-order valence-corrected chi connectivity index (χ0v) is 9.25. The molecular weight excluding hydrogens is 170 g/mol. The number of hydrogen-bond acceptors (Lipinski definition) is 1. The summed E-state index contributed by atoms with van der Waals surface area (Å²) in [5, 5.41) is 0. The van der Waals surface area contributed by atoms with Gasteiger partial charge in [0.05, 0.1) is 0 Å². The lowest BCUT2D eigenvalue weighted by Crippen LogP contribution is -1.99. The summed E-state index contributed by atoms with van der Waals surface area (Å²) in [6.07, 6.45) is 2.13. The lowest BCUT2D eigenvalue weighted by Gasteiger charge is -2.05. The molecule has 0 aromatic heterocycles. The monoisotopic (exact) mass is 189 g/mol. The predicted molar refractivity (Wildman–Crippen MR) is 63.2 cm³/mol. The summed E-state index contributed by atoms with van der Waals surface area (Å²) >= 11 is 0. The summed E-state index contributed by atoms with van der Waals surface area (Å²) in [6.45, 7) is 7.09. The summed E-state index contributed by atoms with van der Waals surface area (Å²) in [5.41, 5.74) is 9.36. The first kappa shape index (κ1) is 11.0. The van der Waals surface area contributed by atoms with E-state index in [9.17, 15) is 0 Å². The molecule has 0 saturated heterocycles. The van der Waals surface area contributed by atoms with Crippen molar-refractivity contribution in [3.05, 3.63) is 41.0 Å². The van der Waals surface area contributed by atoms with E-state index in [0.717, 1.165) is 0 Å². The van der Waals surface area contributed by atoms with Crippen molar-refractivity contribution in [3.8, 4) is 0 Å². The van der Waals surface area contributed by atoms with Crippen molar-refractivity contribution < 1.29 is 0 Å². The van der Waals surface area contributed by atoms with Crippen molar-refractivity contribution in [2.75, 3.05) is 6.54 Å². The van der Waals surface area contributed by atoms with Gasteiger partial charge in [-0.3, -0.25) is 0 Å². The Labute approximate surface area is 86.6 Å². The molecule has 0 bridgehead atoms. The zero-order chi connectivity index (χ0) is 10.6. The number of nitrogens with two attached hydrogens (primary N) is 1. The first-order valence-corrected chi connectivity index (χ1v) is 5.10. The van der Waals surface area contributed by atoms with Gasteiger partial charge in [0.1, 0.15) is 0 Å². The Balaban J connectivity index is 2.84. The first-order chi connectivity index (χ1) is 6.63. The second kappa shape index (κ2) is 4.97. The van der Waals surface area contributed by atoms with Gasteiger partial charge in [-0.1, -0.05) is 49.8 Å². The van der Waals surface area contributed by atoms with Crippen molar-refractivity contribution in [3.63, 3.8) is 0 Å². The third kappa shape index (κ3) is 3.00. The molecule has 0 spiro atoms. The molecule has 0 heterocycles. The van der Waals surface area contributed by atoms with Crippen LogP contribution in [0.3, 0.4) is 0 Å². The van der Waals surface area contributed by atoms with Gasteiger partial charge in [0, 0.05) is 6.54 Å². The van der Waals surface area contributed by atoms with E-state index in [0.29, 0.717) is 12.5 Å². The fourth-order valence-corrected chi connectivity index (χ4v) is 1.32. The van der Waals surface area contributed by atoms with E-state index in [4.69, 9.17) is 5.73 Å². The summed E-state index contributed by atoms with van der Waals surface area (Å²) in [4.78, 5) is 0. The molecule has 1 aromatic rings. The van der Waals surface area contributed by atoms with Crippen molar-refractivity contribution >= 4 is 6.08 Å². The fourth-order valence-electron chi connectivity index (χ4n) is 1.32. The summed E-state index contributed by atoms with van der Waals surface area (Å²) in [7, 11) is 0. The quantitative estimate of drug-likeness (QED) is 0.776. The van der Waals surface area contributed by atoms with Crippen molar-refractivity contribution in [1.29, 1.82) is 0 Å². The SMILES string of the molecule is CC(=Cc1ccc(C(C)C)cc1)CN. The van der Waals surface area contributed by atoms with Gasteiger partial charge < -0.3 is 5.73 Å². The Morgan fingerprint density at radius 3 is 2.29 bits per heavy atom. The maximum atomic E-state index is 5.53. The molecule has 0 radical (unpaired) electrons. The van der Waals surface area contributed by atoms with Crippen LogP contribution < -0.4 is 5.73 Å². The minimum atomic E-state index is 0.601. The molecule has 14 heavy (non-hydrogen) atoms. The van der Waals surface area contributed by atoms with Gasteiger partial charge in [0.15, 0.2) is 0 Å². The molecule has 0 unspecified atom stereocenters. The maximum Gasteiger partial charge on any atom is 0.0137 e. The molecule has 0 fully saturated rings. The Morgan fingerprint density at radius 1 is 1.29 bits per heavy atom. The summed E-state index contributed by atoms with van der Waals surface area (Å²) in [5.74, 6) is 0.601. The van der Waals surface area contributed by atoms with Crippen LogP contribution in [0.4, 0.5) is 0 Å². The van der Waals surface area contributed by atoms with Gasteiger partial charge in [-0.25, -0.2) is 0 Å². The van der Waals surface area contributed by atoms with E-state index < -0.39 is 0 Å². The van der Waals surface area contributed by atoms with Crippen LogP contribution in [-0.4, -0.2) is 6.54 Å². The molecule has 2 N–H and O–H groups in total. The highest BCUT2D eigenvalue weighted by Gasteiger charge is 1.97. The second-order valence-electron chi connectivity index (χ2n) is 4.02. The fraction of sp³-hybridized carbons (Fsp3) is 0.385. The van der Waals surface area contributed by atoms with Crippen LogP contribution in [0.25, 0.3) is 6.08 Å². The smallest absolute Gasteiger partial charge is 0.0137 e. The molecule has 1 heteroatoms. The molecule has 0 aliphatic carbocycles. The van der Waals surface area contributed by atoms with E-state index in [1.807, 2.05) is 0 Å². The maximum absolute atomic E-state index is 5.53. The highest BCUT2D eigenvalue weighted by molar-refractivity contribution is 5.53. The third-order valence-electron chi connectivity index (χ3n) is 2.34. The van der Waals surface area contributed by atoms with E-state index in [-0.39, 0.29) is 0 Å². The van der Waals surface area contributed by atoms with Gasteiger partial charge in [-0.15, -0.1) is 0 Å². The largest absolute Gasteiger partial charge is 0.327 e. The van der Waals surface area contributed by atoms with E-state index in [1.54, 1.807) is 0 Å². The molecule has 0 amide bonds. The number of benzene rings is 1. The Kier molecular flexibility index (Phi) is 3.90. The molecule has 1 aromatic carbocycles. The lowest BCUT2D eigenvalue weighted by molar-refractivity contribution is 0.866. The van der Waals surface area contributed by atoms with Gasteiger partial charge >= 0.3 is 0 Å². The first-order valence-electron chi connectivity index (χ1n) is 5.10. The van der Waals surface area contributed by atoms with E-state index in [2.05, 4.69) is 51.1 Å². The van der Waals surface area contributed by atoms with Gasteiger partial charge in [-0.2, -0.15) is 0 Å². The second-order valence-corrected chi connectivity index (χ2v) is 4.02. The lowest BCUT2D eigenvalue weighted by atomic mass is 10.0. The Hall–Kier alpha value is -1.08. The molecule has 0 aliphatic heterocycles. The molecule has 1 nitrogen and oxygen atoms in total. The molecule has 76 valence electrons. The van der Waals surface area contributed by atoms with Crippen LogP contribution in [-0.2, 0) is 0 Å². The van der Waals surface area contributed by atoms with Crippen LogP contribution in [0.1, 0.15) is 37.8 Å². The standard InChI is InChI=1S/C13H19N/c1-10(2)13-6-4-12(5-7-13)8-11(3)9-14/h4-8,10H,9,14H2,1-3H3. The van der Waals surface area contributed by atoms with Crippen LogP contribution in [0, 0.1) is 0 Å². The summed E-state index contributed by atoms with van der Waals surface area (Å²) in [6, 6.07) is 8.66. The number of hydrogen-bond donors (Lipinski definition) is 1. The van der Waals surface area contributed by atoms with Crippen molar-refractivity contribution in [1.82, 2.24) is 0 Å². The van der Waals surface area contributed by atoms with Gasteiger partial charge in [-0.05, 0) is 24.0 Å². The highest BCUT2D eigenvalue weighted by Crippen LogP contribution is 2.15. The molecule has 1 rings (SSSR count). The van der Waals surface area contributed by atoms with Crippen LogP contribution >= 0.6 is 0 Å². The normalized spacial score (nSPS) is 12.2. The zero-order valence-electron chi connectivity index (χ0n) is 9.25.